The molecule has 2 aliphatic carbocycles. The minimum Gasteiger partial charge on any atom is -0.496 e. The van der Waals surface area contributed by atoms with Crippen molar-refractivity contribution in [2.45, 2.75) is 38.2 Å². The number of hydrogen-bond donors (Lipinski definition) is 1. The minimum absolute atomic E-state index is 0.104. The average molecular weight is 380 g/mol. The van der Waals surface area contributed by atoms with E-state index in [-0.39, 0.29) is 34.4 Å². The van der Waals surface area contributed by atoms with Crippen molar-refractivity contribution < 1.29 is 24.2 Å². The zero-order chi connectivity index (χ0) is 19.8. The van der Waals surface area contributed by atoms with Crippen LogP contribution in [0.1, 0.15) is 75.6 Å². The maximum atomic E-state index is 13.3. The number of benzene rings is 2. The van der Waals surface area contributed by atoms with E-state index < -0.39 is 6.10 Å². The first-order valence-electron chi connectivity index (χ1n) is 9.73. The molecular formula is C23H24O5. The Morgan fingerprint density at radius 3 is 2.11 bits per heavy atom. The van der Waals surface area contributed by atoms with Gasteiger partial charge >= 0.3 is 0 Å². The molecule has 2 aromatic carbocycles. The number of hydrogen-bond acceptors (Lipinski definition) is 5. The van der Waals surface area contributed by atoms with Gasteiger partial charge in [0.1, 0.15) is 11.5 Å². The van der Waals surface area contributed by atoms with Crippen LogP contribution in [0.2, 0.25) is 0 Å². The third-order valence-corrected chi connectivity index (χ3v) is 5.98. The fourth-order valence-electron chi connectivity index (χ4n) is 4.55. The molecule has 1 saturated carbocycles. The molecule has 0 aliphatic heterocycles. The second-order valence-electron chi connectivity index (χ2n) is 7.50. The van der Waals surface area contributed by atoms with Gasteiger partial charge in [0, 0.05) is 16.7 Å². The molecule has 28 heavy (non-hydrogen) atoms. The van der Waals surface area contributed by atoms with Crippen LogP contribution >= 0.6 is 0 Å². The summed E-state index contributed by atoms with van der Waals surface area (Å²) in [5, 5.41) is 11.1. The summed E-state index contributed by atoms with van der Waals surface area (Å²) in [5.74, 6) is 0.138. The van der Waals surface area contributed by atoms with Crippen molar-refractivity contribution in [1.82, 2.24) is 0 Å². The van der Waals surface area contributed by atoms with Crippen LogP contribution in [0, 0.1) is 5.92 Å². The molecule has 146 valence electrons. The Bertz CT molecular complexity index is 940. The maximum Gasteiger partial charge on any atom is 0.198 e. The standard InChI is InChI=1S/C23H24O5/c1-27-17-12-16(20(24)13-8-4-3-5-9-13)23(28-2)19-18(17)21(25)14-10-6-7-11-15(14)22(19)26/h6-7,10-13,20,24H,3-5,8-9H2,1-2H3. The molecule has 4 rings (SSSR count). The topological polar surface area (TPSA) is 72.8 Å². The molecule has 1 unspecified atom stereocenters. The van der Waals surface area contributed by atoms with Crippen molar-refractivity contribution in [3.8, 4) is 11.5 Å². The smallest absolute Gasteiger partial charge is 0.198 e. The van der Waals surface area contributed by atoms with E-state index in [9.17, 15) is 14.7 Å². The van der Waals surface area contributed by atoms with Gasteiger partial charge < -0.3 is 14.6 Å². The van der Waals surface area contributed by atoms with E-state index in [4.69, 9.17) is 9.47 Å². The van der Waals surface area contributed by atoms with E-state index in [0.717, 1.165) is 25.7 Å². The number of aliphatic hydroxyl groups excluding tert-OH is 1. The monoisotopic (exact) mass is 380 g/mol. The van der Waals surface area contributed by atoms with Gasteiger partial charge in [-0.1, -0.05) is 43.5 Å². The van der Waals surface area contributed by atoms with Gasteiger partial charge in [-0.2, -0.15) is 0 Å². The second kappa shape index (κ2) is 7.40. The van der Waals surface area contributed by atoms with Crippen molar-refractivity contribution in [2.24, 2.45) is 5.92 Å². The first-order valence-corrected chi connectivity index (χ1v) is 9.73. The third-order valence-electron chi connectivity index (χ3n) is 5.98. The summed E-state index contributed by atoms with van der Waals surface area (Å²) in [6.07, 6.45) is 4.43. The summed E-state index contributed by atoms with van der Waals surface area (Å²) >= 11 is 0. The molecule has 2 aliphatic rings. The molecule has 1 fully saturated rings. The van der Waals surface area contributed by atoms with Crippen LogP contribution in [0.25, 0.3) is 0 Å². The number of ketones is 2. The predicted octanol–water partition coefficient (Wildman–Crippen LogP) is 4.09. The van der Waals surface area contributed by atoms with Gasteiger partial charge in [-0.05, 0) is 24.8 Å². The molecule has 5 heteroatoms. The average Bonchev–Trinajstić information content (AvgIpc) is 2.76. The van der Waals surface area contributed by atoms with Gasteiger partial charge in [0.2, 0.25) is 0 Å². The molecule has 0 radical (unpaired) electrons. The summed E-state index contributed by atoms with van der Waals surface area (Å²) in [6.45, 7) is 0. The van der Waals surface area contributed by atoms with Gasteiger partial charge in [-0.15, -0.1) is 0 Å². The Kier molecular flexibility index (Phi) is 4.94. The van der Waals surface area contributed by atoms with E-state index in [1.807, 2.05) is 0 Å². The highest BCUT2D eigenvalue weighted by atomic mass is 16.5. The molecule has 0 saturated heterocycles. The molecule has 0 spiro atoms. The SMILES string of the molecule is COc1cc(C(O)C2CCCCC2)c(OC)c2c1C(=O)c1ccccc1C2=O. The number of carbonyl (C=O) groups is 2. The van der Waals surface area contributed by atoms with Crippen molar-refractivity contribution in [2.75, 3.05) is 14.2 Å². The van der Waals surface area contributed by atoms with Gasteiger partial charge in [0.15, 0.2) is 11.6 Å². The molecule has 2 aromatic rings. The van der Waals surface area contributed by atoms with Gasteiger partial charge in [-0.25, -0.2) is 0 Å². The van der Waals surface area contributed by atoms with Crippen molar-refractivity contribution in [3.05, 3.63) is 58.1 Å². The maximum absolute atomic E-state index is 13.3. The summed E-state index contributed by atoms with van der Waals surface area (Å²) in [6, 6.07) is 8.43. The molecule has 0 aromatic heterocycles. The first kappa shape index (κ1) is 18.7. The first-order chi connectivity index (χ1) is 13.6. The zero-order valence-corrected chi connectivity index (χ0v) is 16.2. The van der Waals surface area contributed by atoms with E-state index in [1.165, 1.54) is 20.6 Å². The number of methoxy groups -OCH3 is 2. The lowest BCUT2D eigenvalue weighted by Gasteiger charge is -2.30. The molecule has 0 amide bonds. The van der Waals surface area contributed by atoms with Gasteiger partial charge in [-0.3, -0.25) is 9.59 Å². The van der Waals surface area contributed by atoms with E-state index in [2.05, 4.69) is 0 Å². The normalized spacial score (nSPS) is 17.7. The lowest BCUT2D eigenvalue weighted by atomic mass is 9.78. The predicted molar refractivity (Wildman–Crippen MR) is 104 cm³/mol. The molecule has 5 nitrogen and oxygen atoms in total. The fraction of sp³-hybridized carbons (Fsp3) is 0.391. The van der Waals surface area contributed by atoms with Crippen LogP contribution in [0.5, 0.6) is 11.5 Å². The van der Waals surface area contributed by atoms with Crippen LogP contribution < -0.4 is 9.47 Å². The number of aliphatic hydroxyl groups is 1. The Labute approximate surface area is 164 Å². The lowest BCUT2D eigenvalue weighted by Crippen LogP contribution is -2.24. The summed E-state index contributed by atoms with van der Waals surface area (Å²) in [7, 11) is 2.94. The highest BCUT2D eigenvalue weighted by molar-refractivity contribution is 6.30. The summed E-state index contributed by atoms with van der Waals surface area (Å²) < 4.78 is 11.1. The van der Waals surface area contributed by atoms with Crippen molar-refractivity contribution in [1.29, 1.82) is 0 Å². The Balaban J connectivity index is 1.92. The van der Waals surface area contributed by atoms with Crippen LogP contribution in [-0.4, -0.2) is 30.9 Å². The van der Waals surface area contributed by atoms with Gasteiger partial charge in [0.25, 0.3) is 0 Å². The number of ether oxygens (including phenoxy) is 2. The molecule has 0 heterocycles. The quantitative estimate of drug-likeness (QED) is 0.738. The largest absolute Gasteiger partial charge is 0.496 e. The highest BCUT2D eigenvalue weighted by Crippen LogP contribution is 2.45. The van der Waals surface area contributed by atoms with E-state index in [1.54, 1.807) is 30.3 Å². The molecule has 1 N–H and O–H groups in total. The van der Waals surface area contributed by atoms with Crippen LogP contribution in [0.4, 0.5) is 0 Å². The zero-order valence-electron chi connectivity index (χ0n) is 16.2. The van der Waals surface area contributed by atoms with Crippen LogP contribution in [-0.2, 0) is 0 Å². The lowest BCUT2D eigenvalue weighted by molar-refractivity contribution is 0.0816. The molecule has 0 bridgehead atoms. The summed E-state index contributed by atoms with van der Waals surface area (Å²) in [4.78, 5) is 26.4. The van der Waals surface area contributed by atoms with E-state index in [0.29, 0.717) is 22.4 Å². The second-order valence-corrected chi connectivity index (χ2v) is 7.50. The van der Waals surface area contributed by atoms with Crippen molar-refractivity contribution in [3.63, 3.8) is 0 Å². The van der Waals surface area contributed by atoms with Crippen LogP contribution in [0.15, 0.2) is 30.3 Å². The Hall–Kier alpha value is -2.66. The Morgan fingerprint density at radius 1 is 0.929 bits per heavy atom. The van der Waals surface area contributed by atoms with Gasteiger partial charge in [0.05, 0.1) is 31.5 Å². The fourth-order valence-corrected chi connectivity index (χ4v) is 4.55. The third kappa shape index (κ3) is 2.81. The number of fused-ring (bicyclic) bond motifs is 2. The van der Waals surface area contributed by atoms with Crippen LogP contribution in [0.3, 0.4) is 0 Å². The minimum atomic E-state index is -0.769. The highest BCUT2D eigenvalue weighted by Gasteiger charge is 2.38. The molecule has 1 atom stereocenters. The molecular weight excluding hydrogens is 356 g/mol. The van der Waals surface area contributed by atoms with E-state index >= 15 is 0 Å². The van der Waals surface area contributed by atoms with Crippen molar-refractivity contribution >= 4 is 11.6 Å². The summed E-state index contributed by atoms with van der Waals surface area (Å²) in [5.41, 5.74) is 1.63. The number of carbonyl (C=O) groups excluding carboxylic acids is 2. The number of rotatable bonds is 4. The Morgan fingerprint density at radius 2 is 1.54 bits per heavy atom.